The van der Waals surface area contributed by atoms with Crippen LogP contribution >= 0.6 is 11.8 Å². The number of hydrogen-bond donors (Lipinski definition) is 2. The van der Waals surface area contributed by atoms with Crippen LogP contribution in [0.25, 0.3) is 0 Å². The number of nitro groups is 1. The molecule has 0 bridgehead atoms. The van der Waals surface area contributed by atoms with Gasteiger partial charge in [0, 0.05) is 34.3 Å². The summed E-state index contributed by atoms with van der Waals surface area (Å²) in [4.78, 5) is 36.6. The Hall–Kier alpha value is -3.65. The molecule has 2 N–H and O–H groups in total. The van der Waals surface area contributed by atoms with Crippen molar-refractivity contribution in [3.63, 3.8) is 0 Å². The van der Waals surface area contributed by atoms with Gasteiger partial charge in [-0.15, -0.1) is 11.8 Å². The monoisotopic (exact) mass is 461 g/mol. The number of benzene rings is 3. The van der Waals surface area contributed by atoms with Crippen LogP contribution in [-0.4, -0.2) is 16.7 Å². The molecule has 7 nitrogen and oxygen atoms in total. The Morgan fingerprint density at radius 2 is 1.70 bits per heavy atom. The highest BCUT2D eigenvalue weighted by atomic mass is 32.2. The van der Waals surface area contributed by atoms with Gasteiger partial charge in [-0.1, -0.05) is 30.3 Å². The normalized spacial score (nSPS) is 13.7. The Labute approximate surface area is 195 Å². The van der Waals surface area contributed by atoms with Crippen molar-refractivity contribution in [2.45, 2.75) is 29.9 Å². The van der Waals surface area contributed by atoms with Gasteiger partial charge >= 0.3 is 0 Å². The van der Waals surface area contributed by atoms with Gasteiger partial charge in [0.1, 0.15) is 5.25 Å². The third-order valence-corrected chi connectivity index (χ3v) is 6.61. The Morgan fingerprint density at radius 3 is 2.30 bits per heavy atom. The van der Waals surface area contributed by atoms with Crippen LogP contribution in [0.4, 0.5) is 17.1 Å². The number of carbonyl (C=O) groups excluding carboxylic acids is 2. The minimum absolute atomic E-state index is 0.0200. The van der Waals surface area contributed by atoms with Crippen LogP contribution in [0, 0.1) is 23.0 Å². The molecule has 0 aliphatic heterocycles. The third-order valence-electron chi connectivity index (χ3n) is 5.34. The molecule has 0 saturated heterocycles. The number of non-ortho nitro benzene ring substituents is 1. The number of anilines is 2. The first-order valence-corrected chi connectivity index (χ1v) is 11.5. The van der Waals surface area contributed by atoms with Crippen LogP contribution in [0.5, 0.6) is 0 Å². The van der Waals surface area contributed by atoms with E-state index in [4.69, 9.17) is 0 Å². The predicted octanol–water partition coefficient (Wildman–Crippen LogP) is 5.72. The number of amides is 2. The quantitative estimate of drug-likeness (QED) is 0.254. The first-order valence-electron chi connectivity index (χ1n) is 10.6. The lowest BCUT2D eigenvalue weighted by Gasteiger charge is -2.18. The number of nitrogens with one attached hydrogen (secondary N) is 2. The Bertz CT molecular complexity index is 1180. The van der Waals surface area contributed by atoms with E-state index in [9.17, 15) is 19.7 Å². The highest BCUT2D eigenvalue weighted by Gasteiger charge is 2.29. The smallest absolute Gasteiger partial charge is 0.269 e. The molecule has 0 aromatic heterocycles. The Kier molecular flexibility index (Phi) is 6.74. The summed E-state index contributed by atoms with van der Waals surface area (Å²) < 4.78 is 0. The van der Waals surface area contributed by atoms with E-state index < -0.39 is 10.2 Å². The maximum absolute atomic E-state index is 13.3. The molecule has 8 heteroatoms. The number of aryl methyl sites for hydroxylation is 1. The summed E-state index contributed by atoms with van der Waals surface area (Å²) in [6, 6.07) is 21.2. The molecule has 0 heterocycles. The van der Waals surface area contributed by atoms with Gasteiger partial charge in [0.2, 0.25) is 11.8 Å². The van der Waals surface area contributed by atoms with Crippen molar-refractivity contribution >= 4 is 40.6 Å². The highest BCUT2D eigenvalue weighted by Crippen LogP contribution is 2.37. The minimum Gasteiger partial charge on any atom is -0.326 e. The lowest BCUT2D eigenvalue weighted by atomic mass is 10.1. The predicted molar refractivity (Wildman–Crippen MR) is 129 cm³/mol. The van der Waals surface area contributed by atoms with Gasteiger partial charge in [-0.3, -0.25) is 19.7 Å². The van der Waals surface area contributed by atoms with Crippen molar-refractivity contribution in [3.8, 4) is 0 Å². The van der Waals surface area contributed by atoms with Crippen molar-refractivity contribution in [1.82, 2.24) is 0 Å². The summed E-state index contributed by atoms with van der Waals surface area (Å²) in [6.45, 7) is 1.72. The third kappa shape index (κ3) is 5.78. The molecule has 3 aromatic carbocycles. The largest absolute Gasteiger partial charge is 0.326 e. The molecule has 4 rings (SSSR count). The van der Waals surface area contributed by atoms with E-state index in [2.05, 4.69) is 10.6 Å². The summed E-state index contributed by atoms with van der Waals surface area (Å²) in [6.07, 6.45) is 1.89. The van der Waals surface area contributed by atoms with Gasteiger partial charge in [-0.05, 0) is 61.2 Å². The second kappa shape index (κ2) is 9.87. The van der Waals surface area contributed by atoms with E-state index >= 15 is 0 Å². The van der Waals surface area contributed by atoms with E-state index in [1.165, 1.54) is 23.9 Å². The number of hydrogen-bond acceptors (Lipinski definition) is 5. The maximum atomic E-state index is 13.3. The average Bonchev–Trinajstić information content (AvgIpc) is 3.66. The van der Waals surface area contributed by atoms with Gasteiger partial charge in [-0.25, -0.2) is 0 Å². The summed E-state index contributed by atoms with van der Waals surface area (Å²) in [5.74, 6) is -0.0437. The minimum atomic E-state index is -0.535. The molecule has 33 heavy (non-hydrogen) atoms. The molecule has 2 amide bonds. The summed E-state index contributed by atoms with van der Waals surface area (Å²) in [5.41, 5.74) is 2.70. The van der Waals surface area contributed by atoms with Crippen LogP contribution in [0.3, 0.4) is 0 Å². The van der Waals surface area contributed by atoms with Gasteiger partial charge < -0.3 is 10.6 Å². The van der Waals surface area contributed by atoms with E-state index in [1.807, 2.05) is 54.6 Å². The van der Waals surface area contributed by atoms with Crippen molar-refractivity contribution in [2.24, 2.45) is 5.92 Å². The molecule has 1 saturated carbocycles. The molecule has 1 unspecified atom stereocenters. The van der Waals surface area contributed by atoms with Crippen LogP contribution in [0.1, 0.15) is 29.2 Å². The van der Waals surface area contributed by atoms with Crippen LogP contribution in [0.2, 0.25) is 0 Å². The van der Waals surface area contributed by atoms with Crippen molar-refractivity contribution in [3.05, 3.63) is 94.0 Å². The molecule has 1 fully saturated rings. The van der Waals surface area contributed by atoms with Gasteiger partial charge in [0.05, 0.1) is 4.92 Å². The molecule has 0 spiro atoms. The summed E-state index contributed by atoms with van der Waals surface area (Å²) in [7, 11) is 0. The maximum Gasteiger partial charge on any atom is 0.269 e. The number of nitro benzene ring substituents is 1. The molecule has 168 valence electrons. The topological polar surface area (TPSA) is 101 Å². The highest BCUT2D eigenvalue weighted by molar-refractivity contribution is 8.00. The van der Waals surface area contributed by atoms with Crippen molar-refractivity contribution in [2.75, 3.05) is 10.6 Å². The lowest BCUT2D eigenvalue weighted by molar-refractivity contribution is -0.384. The molecule has 1 aliphatic carbocycles. The van der Waals surface area contributed by atoms with E-state index in [-0.39, 0.29) is 23.4 Å². The van der Waals surface area contributed by atoms with Gasteiger partial charge in [0.25, 0.3) is 5.69 Å². The number of rotatable bonds is 8. The zero-order valence-corrected chi connectivity index (χ0v) is 18.8. The van der Waals surface area contributed by atoms with Crippen LogP contribution in [0.15, 0.2) is 77.7 Å². The van der Waals surface area contributed by atoms with E-state index in [0.29, 0.717) is 11.3 Å². The number of nitrogens with zero attached hydrogens (tertiary/aromatic N) is 1. The molecular weight excluding hydrogens is 438 g/mol. The van der Waals surface area contributed by atoms with Crippen molar-refractivity contribution < 1.29 is 14.5 Å². The summed E-state index contributed by atoms with van der Waals surface area (Å²) in [5, 5.41) is 16.3. The fourth-order valence-corrected chi connectivity index (χ4v) is 4.37. The van der Waals surface area contributed by atoms with Crippen molar-refractivity contribution in [1.29, 1.82) is 0 Å². The second-order valence-corrected chi connectivity index (χ2v) is 9.12. The van der Waals surface area contributed by atoms with Crippen LogP contribution in [-0.2, 0) is 9.59 Å². The van der Waals surface area contributed by atoms with E-state index in [1.54, 1.807) is 13.0 Å². The Balaban J connectivity index is 1.51. The zero-order chi connectivity index (χ0) is 23.4. The fraction of sp³-hybridized carbons (Fsp3) is 0.200. The molecule has 0 radical (unpaired) electrons. The van der Waals surface area contributed by atoms with E-state index in [0.717, 1.165) is 29.0 Å². The van der Waals surface area contributed by atoms with Crippen LogP contribution < -0.4 is 10.6 Å². The lowest BCUT2D eigenvalue weighted by Crippen LogP contribution is -2.19. The molecular formula is C25H23N3O4S. The molecule has 1 atom stereocenters. The van der Waals surface area contributed by atoms with Gasteiger partial charge in [-0.2, -0.15) is 0 Å². The second-order valence-electron chi connectivity index (χ2n) is 7.94. The summed E-state index contributed by atoms with van der Waals surface area (Å²) >= 11 is 1.40. The average molecular weight is 462 g/mol. The standard InChI is InChI=1S/C25H23N3O4S/c1-16-15-20(28(31)32)11-14-22(16)27-25(30)23(17-5-3-2-4-6-17)33-21-12-9-19(10-13-21)26-24(29)18-7-8-18/h2-6,9-15,18,23H,7-8H2,1H3,(H,26,29)(H,27,30). The zero-order valence-electron chi connectivity index (χ0n) is 18.0. The molecule has 1 aliphatic rings. The molecule has 3 aromatic rings. The number of carbonyl (C=O) groups is 2. The van der Waals surface area contributed by atoms with Gasteiger partial charge in [0.15, 0.2) is 0 Å². The fourth-order valence-electron chi connectivity index (χ4n) is 3.34. The Morgan fingerprint density at radius 1 is 1.00 bits per heavy atom. The first-order chi connectivity index (χ1) is 15.9. The SMILES string of the molecule is Cc1cc([N+](=O)[O-])ccc1NC(=O)C(Sc1ccc(NC(=O)C2CC2)cc1)c1ccccc1. The first kappa shape index (κ1) is 22.5. The number of thioether (sulfide) groups is 1.